The van der Waals surface area contributed by atoms with Crippen LogP contribution >= 0.6 is 27.5 Å². The third kappa shape index (κ3) is 2.98. The number of carbonyl (C=O) groups is 1. The third-order valence-electron chi connectivity index (χ3n) is 1.92. The minimum Gasteiger partial charge on any atom is -0.293 e. The lowest BCUT2D eigenvalue weighted by atomic mass is 10.1. The summed E-state index contributed by atoms with van der Waals surface area (Å²) < 4.78 is 37.5. The Kier molecular flexibility index (Phi) is 4.02. The largest absolute Gasteiger partial charge is 0.417 e. The molecule has 1 aromatic carbocycles. The zero-order valence-corrected chi connectivity index (χ0v) is 10.4. The molecule has 0 amide bonds. The van der Waals surface area contributed by atoms with Crippen LogP contribution in [0.3, 0.4) is 0 Å². The topological polar surface area (TPSA) is 17.1 Å². The van der Waals surface area contributed by atoms with Crippen molar-refractivity contribution >= 4 is 33.3 Å². The number of rotatable bonds is 2. The summed E-state index contributed by atoms with van der Waals surface area (Å²) in [4.78, 5) is 11.4. The fourth-order valence-electron chi connectivity index (χ4n) is 1.13. The predicted molar refractivity (Wildman–Crippen MR) is 58.8 cm³/mol. The van der Waals surface area contributed by atoms with Gasteiger partial charge in [-0.05, 0) is 19.1 Å². The molecule has 0 aliphatic heterocycles. The van der Waals surface area contributed by atoms with E-state index in [-0.39, 0.29) is 10.0 Å². The zero-order valence-electron chi connectivity index (χ0n) is 8.11. The van der Waals surface area contributed by atoms with Crippen LogP contribution in [0.25, 0.3) is 0 Å². The summed E-state index contributed by atoms with van der Waals surface area (Å²) in [5.41, 5.74) is -0.923. The van der Waals surface area contributed by atoms with E-state index in [4.69, 9.17) is 11.6 Å². The highest BCUT2D eigenvalue weighted by atomic mass is 79.9. The van der Waals surface area contributed by atoms with Crippen LogP contribution in [0.1, 0.15) is 22.8 Å². The van der Waals surface area contributed by atoms with E-state index in [0.717, 1.165) is 6.07 Å². The van der Waals surface area contributed by atoms with Crippen molar-refractivity contribution in [2.24, 2.45) is 0 Å². The molecule has 1 nitrogen and oxygen atoms in total. The molecule has 0 bridgehead atoms. The Morgan fingerprint density at radius 1 is 1.44 bits per heavy atom. The van der Waals surface area contributed by atoms with Gasteiger partial charge in [-0.15, -0.1) is 11.6 Å². The number of alkyl halides is 4. The highest BCUT2D eigenvalue weighted by Crippen LogP contribution is 2.35. The van der Waals surface area contributed by atoms with Gasteiger partial charge < -0.3 is 0 Å². The number of hydrogen-bond acceptors (Lipinski definition) is 1. The fraction of sp³-hybridized carbons (Fsp3) is 0.300. The average Bonchev–Trinajstić information content (AvgIpc) is 2.15. The monoisotopic (exact) mass is 314 g/mol. The van der Waals surface area contributed by atoms with E-state index in [1.807, 2.05) is 0 Å². The van der Waals surface area contributed by atoms with Gasteiger partial charge in [0.05, 0.1) is 10.9 Å². The second-order valence-electron chi connectivity index (χ2n) is 3.17. The number of ketones is 1. The molecule has 0 aliphatic rings. The Labute approximate surface area is 104 Å². The second-order valence-corrected chi connectivity index (χ2v) is 4.68. The van der Waals surface area contributed by atoms with Gasteiger partial charge in [0, 0.05) is 10.0 Å². The van der Waals surface area contributed by atoms with Crippen LogP contribution in [0.2, 0.25) is 0 Å². The molecule has 0 saturated carbocycles. The first-order valence-electron chi connectivity index (χ1n) is 4.28. The quantitative estimate of drug-likeness (QED) is 0.588. The first-order valence-corrected chi connectivity index (χ1v) is 5.51. The Morgan fingerprint density at radius 2 is 2.00 bits per heavy atom. The number of Topliss-reactive ketones (excluding diaryl/α,β-unsaturated/α-hetero) is 1. The summed E-state index contributed by atoms with van der Waals surface area (Å²) in [5.74, 6) is -0.528. The molecule has 0 aliphatic carbocycles. The second kappa shape index (κ2) is 4.75. The number of halogens is 5. The van der Waals surface area contributed by atoms with Crippen molar-refractivity contribution in [3.05, 3.63) is 33.8 Å². The summed E-state index contributed by atoms with van der Waals surface area (Å²) >= 11 is 8.31. The van der Waals surface area contributed by atoms with Crippen LogP contribution in [0.4, 0.5) is 13.2 Å². The highest BCUT2D eigenvalue weighted by Gasteiger charge is 2.33. The third-order valence-corrected chi connectivity index (χ3v) is 2.81. The van der Waals surface area contributed by atoms with Crippen molar-refractivity contribution in [2.75, 3.05) is 0 Å². The van der Waals surface area contributed by atoms with Crippen LogP contribution in [0.15, 0.2) is 22.7 Å². The van der Waals surface area contributed by atoms with Gasteiger partial charge in [-0.25, -0.2) is 0 Å². The van der Waals surface area contributed by atoms with Gasteiger partial charge in [0.15, 0.2) is 5.78 Å². The number of hydrogen-bond donors (Lipinski definition) is 0. The fourth-order valence-corrected chi connectivity index (χ4v) is 1.72. The van der Waals surface area contributed by atoms with Gasteiger partial charge in [0.2, 0.25) is 0 Å². The molecule has 16 heavy (non-hydrogen) atoms. The Morgan fingerprint density at radius 3 is 2.44 bits per heavy atom. The minimum absolute atomic E-state index is 0.0435. The van der Waals surface area contributed by atoms with Gasteiger partial charge in [0.25, 0.3) is 0 Å². The van der Waals surface area contributed by atoms with E-state index in [1.165, 1.54) is 19.1 Å². The van der Waals surface area contributed by atoms with E-state index < -0.39 is 22.9 Å². The SMILES string of the molecule is CC(Cl)C(=O)c1ccc(Br)c(C(F)(F)F)c1. The first-order chi connectivity index (χ1) is 7.23. The van der Waals surface area contributed by atoms with E-state index in [2.05, 4.69) is 15.9 Å². The van der Waals surface area contributed by atoms with Crippen molar-refractivity contribution in [2.45, 2.75) is 18.5 Å². The van der Waals surface area contributed by atoms with Crippen LogP contribution in [0, 0.1) is 0 Å². The Bertz CT molecular complexity index is 415. The van der Waals surface area contributed by atoms with Gasteiger partial charge in [-0.1, -0.05) is 22.0 Å². The molecule has 0 saturated heterocycles. The molecule has 1 atom stereocenters. The molecule has 1 aromatic rings. The molecule has 0 aromatic heterocycles. The molecular formula is C10H7BrClF3O. The van der Waals surface area contributed by atoms with Crippen molar-refractivity contribution in [3.63, 3.8) is 0 Å². The van der Waals surface area contributed by atoms with Crippen molar-refractivity contribution < 1.29 is 18.0 Å². The smallest absolute Gasteiger partial charge is 0.293 e. The summed E-state index contributed by atoms with van der Waals surface area (Å²) in [6, 6.07) is 3.29. The van der Waals surface area contributed by atoms with Crippen molar-refractivity contribution in [1.29, 1.82) is 0 Å². The Hall–Kier alpha value is -0.550. The van der Waals surface area contributed by atoms with E-state index >= 15 is 0 Å². The maximum absolute atomic E-state index is 12.5. The standard InChI is InChI=1S/C10H7BrClF3O/c1-5(12)9(16)6-2-3-8(11)7(4-6)10(13,14)15/h2-5H,1H3. The van der Waals surface area contributed by atoms with E-state index in [1.54, 1.807) is 0 Å². The number of carbonyl (C=O) groups excluding carboxylic acids is 1. The summed E-state index contributed by atoms with van der Waals surface area (Å²) in [5, 5.41) is -0.845. The highest BCUT2D eigenvalue weighted by molar-refractivity contribution is 9.10. The van der Waals surface area contributed by atoms with Crippen LogP contribution < -0.4 is 0 Å². The van der Waals surface area contributed by atoms with Crippen molar-refractivity contribution in [3.8, 4) is 0 Å². The maximum Gasteiger partial charge on any atom is 0.417 e. The number of benzene rings is 1. The molecule has 0 N–H and O–H groups in total. The van der Waals surface area contributed by atoms with Crippen LogP contribution in [-0.4, -0.2) is 11.2 Å². The molecule has 0 fully saturated rings. The zero-order chi connectivity index (χ0) is 12.5. The Balaban J connectivity index is 3.23. The minimum atomic E-state index is -4.50. The van der Waals surface area contributed by atoms with Crippen LogP contribution in [0.5, 0.6) is 0 Å². The van der Waals surface area contributed by atoms with Gasteiger partial charge in [-0.3, -0.25) is 4.79 Å². The molecule has 0 heterocycles. The average molecular weight is 316 g/mol. The van der Waals surface area contributed by atoms with E-state index in [9.17, 15) is 18.0 Å². The molecule has 6 heteroatoms. The molecule has 0 radical (unpaired) electrons. The lowest BCUT2D eigenvalue weighted by Crippen LogP contribution is -2.13. The van der Waals surface area contributed by atoms with E-state index in [0.29, 0.717) is 0 Å². The van der Waals surface area contributed by atoms with Gasteiger partial charge in [-0.2, -0.15) is 13.2 Å². The molecule has 1 unspecified atom stereocenters. The normalized spacial score (nSPS) is 13.6. The molecule has 88 valence electrons. The van der Waals surface area contributed by atoms with Gasteiger partial charge >= 0.3 is 6.18 Å². The molecule has 0 spiro atoms. The van der Waals surface area contributed by atoms with Crippen LogP contribution in [-0.2, 0) is 6.18 Å². The molecule has 1 rings (SSSR count). The predicted octanol–water partition coefficient (Wildman–Crippen LogP) is 4.28. The summed E-state index contributed by atoms with van der Waals surface area (Å²) in [6.07, 6.45) is -4.50. The summed E-state index contributed by atoms with van der Waals surface area (Å²) in [6.45, 7) is 1.42. The van der Waals surface area contributed by atoms with Crippen molar-refractivity contribution in [1.82, 2.24) is 0 Å². The maximum atomic E-state index is 12.5. The first kappa shape index (κ1) is 13.5. The molecular weight excluding hydrogens is 308 g/mol. The van der Waals surface area contributed by atoms with Gasteiger partial charge in [0.1, 0.15) is 0 Å². The lowest BCUT2D eigenvalue weighted by Gasteiger charge is -2.11. The summed E-state index contributed by atoms with van der Waals surface area (Å²) in [7, 11) is 0. The lowest BCUT2D eigenvalue weighted by molar-refractivity contribution is -0.138.